The summed E-state index contributed by atoms with van der Waals surface area (Å²) in [6.45, 7) is 7.18. The van der Waals surface area contributed by atoms with Crippen LogP contribution >= 0.6 is 0 Å². The van der Waals surface area contributed by atoms with Gasteiger partial charge in [-0.2, -0.15) is 23.7 Å². The molecule has 1 aliphatic carbocycles. The number of rotatable bonds is 6. The van der Waals surface area contributed by atoms with Crippen molar-refractivity contribution in [2.24, 2.45) is 17.3 Å². The number of hydrogen-bond donors (Lipinski definition) is 1. The zero-order valence-electron chi connectivity index (χ0n) is 19.1. The normalized spacial score (nSPS) is 20.0. The van der Waals surface area contributed by atoms with Crippen molar-refractivity contribution in [3.8, 4) is 12.1 Å². The highest BCUT2D eigenvalue weighted by atomic mass is 19.4. The first-order chi connectivity index (χ1) is 15.5. The fourth-order valence-corrected chi connectivity index (χ4v) is 4.52. The number of alkyl halides is 3. The first-order valence-corrected chi connectivity index (χ1v) is 11.1. The van der Waals surface area contributed by atoms with Crippen molar-refractivity contribution >= 4 is 5.95 Å². The fourth-order valence-electron chi connectivity index (χ4n) is 4.52. The molecule has 1 fully saturated rings. The summed E-state index contributed by atoms with van der Waals surface area (Å²) in [7, 11) is 0. The first kappa shape index (κ1) is 24.5. The average Bonchev–Trinajstić information content (AvgIpc) is 2.75. The molecule has 8 heteroatoms. The average molecular weight is 456 g/mol. The summed E-state index contributed by atoms with van der Waals surface area (Å²) in [6.07, 6.45) is 1.27. The van der Waals surface area contributed by atoms with Crippen LogP contribution in [0.15, 0.2) is 24.4 Å². The predicted octanol–water partition coefficient (Wildman–Crippen LogP) is 5.90. The number of anilines is 1. The molecule has 1 heterocycles. The summed E-state index contributed by atoms with van der Waals surface area (Å²) in [4.78, 5) is 8.74. The summed E-state index contributed by atoms with van der Waals surface area (Å²) in [5, 5.41) is 21.5. The van der Waals surface area contributed by atoms with Gasteiger partial charge in [0.25, 0.3) is 0 Å². The van der Waals surface area contributed by atoms with Crippen molar-refractivity contribution < 1.29 is 13.2 Å². The third kappa shape index (κ3) is 6.01. The molecule has 0 unspecified atom stereocenters. The van der Waals surface area contributed by atoms with Gasteiger partial charge in [-0.25, -0.2) is 9.97 Å². The van der Waals surface area contributed by atoms with Crippen molar-refractivity contribution in [3.05, 3.63) is 52.3 Å². The topological polar surface area (TPSA) is 85.4 Å². The minimum Gasteiger partial charge on any atom is -0.354 e. The molecule has 1 saturated carbocycles. The maximum Gasteiger partial charge on any atom is 0.417 e. The Balaban J connectivity index is 1.67. The van der Waals surface area contributed by atoms with Crippen LogP contribution < -0.4 is 5.32 Å². The van der Waals surface area contributed by atoms with Crippen molar-refractivity contribution in [3.63, 3.8) is 0 Å². The van der Waals surface area contributed by atoms with Crippen molar-refractivity contribution in [1.29, 1.82) is 10.5 Å². The lowest BCUT2D eigenvalue weighted by Gasteiger charge is -2.40. The van der Waals surface area contributed by atoms with E-state index in [1.165, 1.54) is 18.3 Å². The summed E-state index contributed by atoms with van der Waals surface area (Å²) < 4.78 is 39.5. The van der Waals surface area contributed by atoms with Gasteiger partial charge in [0.05, 0.1) is 34.7 Å². The van der Waals surface area contributed by atoms with Crippen molar-refractivity contribution in [2.75, 3.05) is 11.9 Å². The predicted molar refractivity (Wildman–Crippen MR) is 119 cm³/mol. The van der Waals surface area contributed by atoms with Gasteiger partial charge < -0.3 is 5.32 Å². The lowest BCUT2D eigenvalue weighted by Crippen LogP contribution is -2.31. The second kappa shape index (κ2) is 9.79. The van der Waals surface area contributed by atoms with Gasteiger partial charge in [0.2, 0.25) is 5.95 Å². The minimum absolute atomic E-state index is 0.250. The van der Waals surface area contributed by atoms with Crippen LogP contribution in [-0.2, 0) is 19.0 Å². The Hall–Kier alpha value is -3.13. The van der Waals surface area contributed by atoms with Crippen LogP contribution in [0, 0.1) is 39.9 Å². The lowest BCUT2D eigenvalue weighted by atomic mass is 9.65. The molecular formula is C25H28F3N5. The van der Waals surface area contributed by atoms with E-state index in [0.717, 1.165) is 25.3 Å². The Kier molecular flexibility index (Phi) is 7.27. The molecular weight excluding hydrogens is 427 g/mol. The largest absolute Gasteiger partial charge is 0.417 e. The second-order valence-corrected chi connectivity index (χ2v) is 9.57. The van der Waals surface area contributed by atoms with Gasteiger partial charge in [0.1, 0.15) is 6.07 Å². The molecule has 1 aromatic carbocycles. The Morgan fingerprint density at radius 1 is 1.15 bits per heavy atom. The summed E-state index contributed by atoms with van der Waals surface area (Å²) >= 11 is 0. The molecule has 0 saturated heterocycles. The molecule has 2 aromatic rings. The Morgan fingerprint density at radius 2 is 1.88 bits per heavy atom. The summed E-state index contributed by atoms with van der Waals surface area (Å²) in [5.74, 6) is 1.47. The quantitative estimate of drug-likeness (QED) is 0.586. The fraction of sp³-hybridized carbons (Fsp3) is 0.520. The minimum atomic E-state index is -4.58. The summed E-state index contributed by atoms with van der Waals surface area (Å²) in [6, 6.07) is 7.48. The maximum absolute atomic E-state index is 13.2. The Morgan fingerprint density at radius 3 is 2.52 bits per heavy atom. The van der Waals surface area contributed by atoms with E-state index < -0.39 is 11.7 Å². The first-order valence-electron chi connectivity index (χ1n) is 11.1. The Labute approximate surface area is 192 Å². The highest BCUT2D eigenvalue weighted by Crippen LogP contribution is 2.44. The highest BCUT2D eigenvalue weighted by Gasteiger charge is 2.35. The van der Waals surface area contributed by atoms with Crippen LogP contribution in [-0.4, -0.2) is 16.5 Å². The zero-order valence-corrected chi connectivity index (χ0v) is 19.1. The van der Waals surface area contributed by atoms with E-state index in [2.05, 4.69) is 42.1 Å². The van der Waals surface area contributed by atoms with Gasteiger partial charge >= 0.3 is 6.18 Å². The third-order valence-electron chi connectivity index (χ3n) is 6.83. The summed E-state index contributed by atoms with van der Waals surface area (Å²) in [5.41, 5.74) is 0.562. The number of nitrogens with one attached hydrogen (secondary N) is 1. The number of aromatic nitrogens is 2. The molecule has 2 atom stereocenters. The molecule has 0 amide bonds. The van der Waals surface area contributed by atoms with Crippen LogP contribution in [0.1, 0.15) is 68.0 Å². The number of halogens is 3. The van der Waals surface area contributed by atoms with Crippen LogP contribution in [0.25, 0.3) is 0 Å². The van der Waals surface area contributed by atoms with E-state index in [0.29, 0.717) is 54.0 Å². The van der Waals surface area contributed by atoms with E-state index in [4.69, 9.17) is 5.26 Å². The number of hydrogen-bond acceptors (Lipinski definition) is 5. The molecule has 0 spiro atoms. The van der Waals surface area contributed by atoms with E-state index in [1.54, 1.807) is 6.07 Å². The maximum atomic E-state index is 13.2. The van der Waals surface area contributed by atoms with E-state index >= 15 is 0 Å². The van der Waals surface area contributed by atoms with Gasteiger partial charge in [-0.15, -0.1) is 0 Å². The van der Waals surface area contributed by atoms with E-state index in [9.17, 15) is 18.4 Å². The molecule has 1 aliphatic rings. The standard InChI is InChI=1S/C25H28F3N5/c1-16-4-5-18(12-24(16,2)3)11-22-20(14-30)15-32-23(33-22)31-9-8-17-6-7-19(13-29)21(10-17)25(26,27)28/h6-7,10,15-16,18H,4-5,8-9,11-12H2,1-3H3,(H,31,32,33)/t16-,18-/m0/s1. The van der Waals surface area contributed by atoms with Crippen LogP contribution in [0.2, 0.25) is 0 Å². The number of nitriles is 2. The van der Waals surface area contributed by atoms with Crippen molar-refractivity contribution in [1.82, 2.24) is 9.97 Å². The molecule has 174 valence electrons. The SMILES string of the molecule is C[C@H]1CC[C@@H](Cc2nc(NCCc3ccc(C#N)c(C(F)(F)F)c3)ncc2C#N)CC1(C)C. The van der Waals surface area contributed by atoms with Crippen LogP contribution in [0.4, 0.5) is 19.1 Å². The molecule has 0 aliphatic heterocycles. The zero-order chi connectivity index (χ0) is 24.2. The Bertz CT molecular complexity index is 1080. The van der Waals surface area contributed by atoms with Gasteiger partial charge in [-0.1, -0.05) is 26.8 Å². The molecule has 5 nitrogen and oxygen atoms in total. The van der Waals surface area contributed by atoms with Gasteiger partial charge in [0, 0.05) is 6.54 Å². The van der Waals surface area contributed by atoms with Gasteiger partial charge in [-0.05, 0) is 67.1 Å². The van der Waals surface area contributed by atoms with Crippen molar-refractivity contribution in [2.45, 2.75) is 59.1 Å². The molecule has 3 rings (SSSR count). The highest BCUT2D eigenvalue weighted by molar-refractivity contribution is 5.42. The third-order valence-corrected chi connectivity index (χ3v) is 6.83. The van der Waals surface area contributed by atoms with Gasteiger partial charge in [-0.3, -0.25) is 0 Å². The molecule has 0 bridgehead atoms. The lowest BCUT2D eigenvalue weighted by molar-refractivity contribution is -0.137. The number of benzene rings is 1. The van der Waals surface area contributed by atoms with E-state index in [-0.39, 0.29) is 11.0 Å². The number of nitrogens with zero attached hydrogens (tertiary/aromatic N) is 4. The molecule has 0 radical (unpaired) electrons. The van der Waals surface area contributed by atoms with Crippen LogP contribution in [0.3, 0.4) is 0 Å². The second-order valence-electron chi connectivity index (χ2n) is 9.57. The molecule has 1 N–H and O–H groups in total. The van der Waals surface area contributed by atoms with Crippen LogP contribution in [0.5, 0.6) is 0 Å². The van der Waals surface area contributed by atoms with Gasteiger partial charge in [0.15, 0.2) is 0 Å². The monoisotopic (exact) mass is 455 g/mol. The molecule has 33 heavy (non-hydrogen) atoms. The van der Waals surface area contributed by atoms with E-state index in [1.807, 2.05) is 0 Å². The molecule has 1 aromatic heterocycles. The smallest absolute Gasteiger partial charge is 0.354 e.